The van der Waals surface area contributed by atoms with Gasteiger partial charge in [0.1, 0.15) is 6.54 Å². The summed E-state index contributed by atoms with van der Waals surface area (Å²) < 4.78 is 1.62. The smallest absolute Gasteiger partial charge is 0.244 e. The van der Waals surface area contributed by atoms with Gasteiger partial charge in [0.25, 0.3) is 0 Å². The summed E-state index contributed by atoms with van der Waals surface area (Å²) in [6, 6.07) is 8.53. The maximum absolute atomic E-state index is 12.7. The fourth-order valence-corrected chi connectivity index (χ4v) is 3.94. The first-order valence-corrected chi connectivity index (χ1v) is 10.3. The summed E-state index contributed by atoms with van der Waals surface area (Å²) in [7, 11) is 1.82. The van der Waals surface area contributed by atoms with Gasteiger partial charge in [-0.1, -0.05) is 24.3 Å². The molecular weight excluding hydrogens is 380 g/mol. The van der Waals surface area contributed by atoms with Crippen LogP contribution in [0.25, 0.3) is 0 Å². The van der Waals surface area contributed by atoms with Gasteiger partial charge >= 0.3 is 0 Å². The number of rotatable bonds is 7. The van der Waals surface area contributed by atoms with Crippen LogP contribution in [0, 0.1) is 13.8 Å². The van der Waals surface area contributed by atoms with Crippen LogP contribution in [0.1, 0.15) is 33.9 Å². The predicted octanol–water partition coefficient (Wildman–Crippen LogP) is 1.27. The number of carbonyl (C=O) groups is 1. The number of nitrogens with zero attached hydrogens (tertiary/aromatic N) is 7. The Morgan fingerprint density at radius 1 is 1.23 bits per heavy atom. The first-order valence-electron chi connectivity index (χ1n) is 10.3. The summed E-state index contributed by atoms with van der Waals surface area (Å²) >= 11 is 0. The molecule has 1 aromatic carbocycles. The number of aryl methyl sites for hydroxylation is 2. The molecule has 1 N–H and O–H groups in total. The highest BCUT2D eigenvalue weighted by molar-refractivity contribution is 5.75. The minimum atomic E-state index is -0.00802. The van der Waals surface area contributed by atoms with Crippen molar-refractivity contribution in [1.82, 2.24) is 40.2 Å². The van der Waals surface area contributed by atoms with E-state index in [2.05, 4.69) is 54.9 Å². The Morgan fingerprint density at radius 3 is 2.80 bits per heavy atom. The molecule has 3 heterocycles. The quantitative estimate of drug-likeness (QED) is 0.633. The lowest BCUT2D eigenvalue weighted by Gasteiger charge is -2.28. The van der Waals surface area contributed by atoms with Gasteiger partial charge in [0.2, 0.25) is 5.91 Å². The Kier molecular flexibility index (Phi) is 5.89. The van der Waals surface area contributed by atoms with E-state index >= 15 is 0 Å². The number of likely N-dealkylation sites (N-methyl/N-ethyl adjacent to an activating group) is 1. The molecule has 0 spiro atoms. The van der Waals surface area contributed by atoms with E-state index in [1.165, 1.54) is 16.7 Å². The molecule has 1 aliphatic rings. The zero-order valence-corrected chi connectivity index (χ0v) is 17.8. The molecule has 4 rings (SSSR count). The molecule has 9 heteroatoms. The molecule has 0 atom stereocenters. The number of tetrazole rings is 1. The lowest BCUT2D eigenvalue weighted by atomic mass is 10.00. The van der Waals surface area contributed by atoms with Gasteiger partial charge in [-0.15, -0.1) is 5.10 Å². The van der Waals surface area contributed by atoms with Crippen LogP contribution >= 0.6 is 0 Å². The van der Waals surface area contributed by atoms with Crippen LogP contribution in [0.15, 0.2) is 24.3 Å². The van der Waals surface area contributed by atoms with Crippen LogP contribution in [0.3, 0.4) is 0 Å². The average Bonchev–Trinajstić information content (AvgIpc) is 3.31. The molecule has 0 unspecified atom stereocenters. The van der Waals surface area contributed by atoms with Crippen molar-refractivity contribution in [3.63, 3.8) is 0 Å². The Balaban J connectivity index is 1.33. The number of benzene rings is 1. The van der Waals surface area contributed by atoms with Crippen LogP contribution in [0.4, 0.5) is 0 Å². The average molecular weight is 409 g/mol. The summed E-state index contributed by atoms with van der Waals surface area (Å²) in [5, 5.41) is 19.2. The van der Waals surface area contributed by atoms with E-state index in [0.717, 1.165) is 43.1 Å². The maximum atomic E-state index is 12.7. The summed E-state index contributed by atoms with van der Waals surface area (Å²) in [5.41, 5.74) is 5.97. The van der Waals surface area contributed by atoms with E-state index in [-0.39, 0.29) is 12.5 Å². The first kappa shape index (κ1) is 20.2. The molecular formula is C21H28N8O. The lowest BCUT2D eigenvalue weighted by Crippen LogP contribution is -2.34. The van der Waals surface area contributed by atoms with E-state index in [0.29, 0.717) is 13.1 Å². The van der Waals surface area contributed by atoms with Crippen molar-refractivity contribution in [3.05, 3.63) is 58.2 Å². The van der Waals surface area contributed by atoms with Gasteiger partial charge in [0.15, 0.2) is 5.82 Å². The number of aromatic amines is 1. The summed E-state index contributed by atoms with van der Waals surface area (Å²) in [6.45, 7) is 7.22. The number of hydrogen-bond donors (Lipinski definition) is 1. The molecule has 0 saturated heterocycles. The molecule has 2 aromatic heterocycles. The lowest BCUT2D eigenvalue weighted by molar-refractivity contribution is -0.130. The summed E-state index contributed by atoms with van der Waals surface area (Å²) in [4.78, 5) is 16.8. The molecule has 30 heavy (non-hydrogen) atoms. The van der Waals surface area contributed by atoms with E-state index in [1.54, 1.807) is 9.58 Å². The fraction of sp³-hybridized carbons (Fsp3) is 0.476. The topological polar surface area (TPSA) is 95.8 Å². The van der Waals surface area contributed by atoms with Gasteiger partial charge < -0.3 is 4.90 Å². The van der Waals surface area contributed by atoms with Crippen LogP contribution in [-0.4, -0.2) is 66.2 Å². The molecule has 0 radical (unpaired) electrons. The predicted molar refractivity (Wildman–Crippen MR) is 111 cm³/mol. The van der Waals surface area contributed by atoms with Gasteiger partial charge in [0.05, 0.1) is 12.2 Å². The third-order valence-corrected chi connectivity index (χ3v) is 5.87. The molecule has 9 nitrogen and oxygen atoms in total. The zero-order chi connectivity index (χ0) is 21.1. The number of hydrogen-bond acceptors (Lipinski definition) is 6. The molecule has 0 aliphatic carbocycles. The molecule has 3 aromatic rings. The van der Waals surface area contributed by atoms with Crippen LogP contribution in [-0.2, 0) is 37.3 Å². The molecule has 158 valence electrons. The van der Waals surface area contributed by atoms with E-state index in [1.807, 2.05) is 20.9 Å². The van der Waals surface area contributed by atoms with Gasteiger partial charge in [-0.25, -0.2) is 4.68 Å². The van der Waals surface area contributed by atoms with E-state index < -0.39 is 0 Å². The largest absolute Gasteiger partial charge is 0.344 e. The highest BCUT2D eigenvalue weighted by Crippen LogP contribution is 2.19. The highest BCUT2D eigenvalue weighted by Gasteiger charge is 2.20. The van der Waals surface area contributed by atoms with Crippen molar-refractivity contribution in [1.29, 1.82) is 0 Å². The molecule has 0 saturated carbocycles. The van der Waals surface area contributed by atoms with E-state index in [4.69, 9.17) is 0 Å². The first-order chi connectivity index (χ1) is 14.5. The number of aromatic nitrogens is 6. The number of carbonyl (C=O) groups excluding carboxylic acids is 1. The molecule has 0 fully saturated rings. The number of H-pyrrole nitrogens is 1. The van der Waals surface area contributed by atoms with Gasteiger partial charge in [-0.2, -0.15) is 5.10 Å². The monoisotopic (exact) mass is 408 g/mol. The van der Waals surface area contributed by atoms with E-state index in [9.17, 15) is 4.79 Å². The molecule has 1 amide bonds. The number of amides is 1. The van der Waals surface area contributed by atoms with Crippen LogP contribution < -0.4 is 0 Å². The van der Waals surface area contributed by atoms with Crippen LogP contribution in [0.2, 0.25) is 0 Å². The second-order valence-electron chi connectivity index (χ2n) is 7.96. The van der Waals surface area contributed by atoms with Gasteiger partial charge in [-0.05, 0) is 53.8 Å². The minimum Gasteiger partial charge on any atom is -0.344 e. The Hall–Kier alpha value is -3.07. The fourth-order valence-electron chi connectivity index (χ4n) is 3.94. The van der Waals surface area contributed by atoms with Crippen molar-refractivity contribution in [2.75, 3.05) is 20.1 Å². The Labute approximate surface area is 176 Å². The minimum absolute atomic E-state index is 0.00802. The SMILES string of the molecule is Cc1n[nH]c(C)c1CCN(C)C(=O)Cn1nnnc1CN1CCc2ccccc2C1. The summed E-state index contributed by atoms with van der Waals surface area (Å²) in [6.07, 6.45) is 1.79. The zero-order valence-electron chi connectivity index (χ0n) is 17.8. The summed E-state index contributed by atoms with van der Waals surface area (Å²) in [5.74, 6) is 0.712. The third-order valence-electron chi connectivity index (χ3n) is 5.87. The van der Waals surface area contributed by atoms with Crippen molar-refractivity contribution in [3.8, 4) is 0 Å². The van der Waals surface area contributed by atoms with Crippen molar-refractivity contribution in [2.24, 2.45) is 0 Å². The van der Waals surface area contributed by atoms with Crippen LogP contribution in [0.5, 0.6) is 0 Å². The molecule has 1 aliphatic heterocycles. The van der Waals surface area contributed by atoms with Gasteiger partial charge in [-0.3, -0.25) is 14.8 Å². The Morgan fingerprint density at radius 2 is 2.03 bits per heavy atom. The van der Waals surface area contributed by atoms with Crippen molar-refractivity contribution >= 4 is 5.91 Å². The second kappa shape index (κ2) is 8.74. The number of nitrogens with one attached hydrogen (secondary N) is 1. The van der Waals surface area contributed by atoms with Gasteiger partial charge in [0, 0.05) is 32.4 Å². The third kappa shape index (κ3) is 4.40. The highest BCUT2D eigenvalue weighted by atomic mass is 16.2. The number of fused-ring (bicyclic) bond motifs is 1. The van der Waals surface area contributed by atoms with Crippen molar-refractivity contribution < 1.29 is 4.79 Å². The standard InChI is InChI=1S/C21H28N8O/c1-15-19(16(2)23-22-15)9-10-27(3)21(30)14-29-20(24-25-26-29)13-28-11-8-17-6-4-5-7-18(17)12-28/h4-7H,8-14H2,1-3H3,(H,22,23). The maximum Gasteiger partial charge on any atom is 0.244 e. The molecule has 0 bridgehead atoms. The normalized spacial score (nSPS) is 14.0. The second-order valence-corrected chi connectivity index (χ2v) is 7.96. The Bertz CT molecular complexity index is 1000. The van der Waals surface area contributed by atoms with Crippen molar-refractivity contribution in [2.45, 2.75) is 46.3 Å².